The fourth-order valence-electron chi connectivity index (χ4n) is 5.01. The van der Waals surface area contributed by atoms with Crippen LogP contribution >= 0.6 is 11.6 Å². The lowest BCUT2D eigenvalue weighted by Crippen LogP contribution is -2.30. The number of hydrogen-bond acceptors (Lipinski definition) is 4. The lowest BCUT2D eigenvalue weighted by molar-refractivity contribution is -0.121. The Morgan fingerprint density at radius 3 is 2.53 bits per heavy atom. The summed E-state index contributed by atoms with van der Waals surface area (Å²) in [7, 11) is 1.51. The number of carboxylic acids is 1. The molecular formula is C36H31ClN2O4. The minimum atomic E-state index is -1.02. The molecule has 5 rings (SSSR count). The normalized spacial score (nSPS) is 11.9. The quantitative estimate of drug-likeness (QED) is 0.164. The zero-order chi connectivity index (χ0) is 30.2. The molecule has 1 unspecified atom stereocenters. The van der Waals surface area contributed by atoms with E-state index in [1.165, 1.54) is 13.2 Å². The largest absolute Gasteiger partial charge is 0.497 e. The van der Waals surface area contributed by atoms with Crippen molar-refractivity contribution in [3.05, 3.63) is 142 Å². The van der Waals surface area contributed by atoms with Crippen molar-refractivity contribution >= 4 is 46.5 Å². The van der Waals surface area contributed by atoms with E-state index in [-0.39, 0.29) is 23.9 Å². The molecule has 1 amide bonds. The van der Waals surface area contributed by atoms with Crippen molar-refractivity contribution < 1.29 is 19.4 Å². The third-order valence-electron chi connectivity index (χ3n) is 7.23. The molecule has 0 aliphatic rings. The van der Waals surface area contributed by atoms with Crippen molar-refractivity contribution in [3.63, 3.8) is 0 Å². The predicted molar refractivity (Wildman–Crippen MR) is 171 cm³/mol. The monoisotopic (exact) mass is 590 g/mol. The molecule has 43 heavy (non-hydrogen) atoms. The highest BCUT2D eigenvalue weighted by Crippen LogP contribution is 2.25. The van der Waals surface area contributed by atoms with Crippen molar-refractivity contribution in [2.75, 3.05) is 7.11 Å². The molecule has 5 aromatic rings. The smallest absolute Gasteiger partial charge is 0.336 e. The van der Waals surface area contributed by atoms with Gasteiger partial charge in [-0.05, 0) is 77.6 Å². The summed E-state index contributed by atoms with van der Waals surface area (Å²) in [5.41, 5.74) is 5.28. The molecule has 0 bridgehead atoms. The Morgan fingerprint density at radius 1 is 0.930 bits per heavy atom. The van der Waals surface area contributed by atoms with E-state index in [0.29, 0.717) is 29.2 Å². The number of methoxy groups -OCH3 is 1. The van der Waals surface area contributed by atoms with Gasteiger partial charge in [-0.15, -0.1) is 0 Å². The molecule has 0 saturated heterocycles. The maximum Gasteiger partial charge on any atom is 0.336 e. The number of halogens is 1. The van der Waals surface area contributed by atoms with Gasteiger partial charge in [0.15, 0.2) is 0 Å². The van der Waals surface area contributed by atoms with Gasteiger partial charge in [0.2, 0.25) is 5.91 Å². The maximum absolute atomic E-state index is 13.1. The highest BCUT2D eigenvalue weighted by atomic mass is 35.5. The van der Waals surface area contributed by atoms with Crippen LogP contribution in [0.15, 0.2) is 103 Å². The number of benzene rings is 4. The summed E-state index contributed by atoms with van der Waals surface area (Å²) in [6.07, 6.45) is 5.13. The SMILES string of the molecule is COc1ccc(CCC(NC(=O)Cc2ccccc2)c2cccc(/C=C/c3ccc4ccc(Cl)cc4n3)c2)c(C(=O)O)c1. The second-order valence-electron chi connectivity index (χ2n) is 10.2. The van der Waals surface area contributed by atoms with Gasteiger partial charge in [-0.25, -0.2) is 9.78 Å². The van der Waals surface area contributed by atoms with Crippen LogP contribution in [0.3, 0.4) is 0 Å². The van der Waals surface area contributed by atoms with Crippen LogP contribution in [-0.2, 0) is 17.6 Å². The maximum atomic E-state index is 13.1. The first-order valence-corrected chi connectivity index (χ1v) is 14.3. The number of aromatic nitrogens is 1. The van der Waals surface area contributed by atoms with E-state index in [2.05, 4.69) is 5.32 Å². The standard InChI is InChI=1S/C36H31ClN2O4/c1-43-31-18-13-26(32(23-31)36(41)42)14-19-33(39-35(40)21-24-6-3-2-4-7-24)28-9-5-8-25(20-28)10-16-30-17-12-27-11-15-29(37)22-34(27)38-30/h2-13,15-18,20,22-23,33H,14,19,21H2,1H3,(H,39,40)(H,41,42)/b16-10+. The highest BCUT2D eigenvalue weighted by Gasteiger charge is 2.18. The van der Waals surface area contributed by atoms with E-state index in [0.717, 1.165) is 33.3 Å². The van der Waals surface area contributed by atoms with Crippen LogP contribution in [0.5, 0.6) is 5.75 Å². The van der Waals surface area contributed by atoms with Gasteiger partial charge in [-0.3, -0.25) is 4.79 Å². The molecule has 1 atom stereocenters. The van der Waals surface area contributed by atoms with Crippen LogP contribution in [0.2, 0.25) is 5.02 Å². The van der Waals surface area contributed by atoms with Crippen molar-refractivity contribution in [3.8, 4) is 5.75 Å². The molecule has 0 spiro atoms. The third-order valence-corrected chi connectivity index (χ3v) is 7.46. The van der Waals surface area contributed by atoms with Crippen molar-refractivity contribution in [2.45, 2.75) is 25.3 Å². The zero-order valence-electron chi connectivity index (χ0n) is 23.7. The van der Waals surface area contributed by atoms with Crippen molar-refractivity contribution in [2.24, 2.45) is 0 Å². The summed E-state index contributed by atoms with van der Waals surface area (Å²) < 4.78 is 5.22. The third kappa shape index (κ3) is 7.87. The molecule has 2 N–H and O–H groups in total. The average molecular weight is 591 g/mol. The Hall–Kier alpha value is -4.94. The second kappa shape index (κ2) is 13.8. The van der Waals surface area contributed by atoms with E-state index in [1.54, 1.807) is 12.1 Å². The molecule has 4 aromatic carbocycles. The van der Waals surface area contributed by atoms with Crippen molar-refractivity contribution in [1.29, 1.82) is 0 Å². The molecular weight excluding hydrogens is 560 g/mol. The molecule has 6 nitrogen and oxygen atoms in total. The molecule has 1 heterocycles. The molecule has 0 fully saturated rings. The summed E-state index contributed by atoms with van der Waals surface area (Å²) in [5.74, 6) is -0.642. The number of nitrogens with one attached hydrogen (secondary N) is 1. The summed E-state index contributed by atoms with van der Waals surface area (Å²) in [6.45, 7) is 0. The fourth-order valence-corrected chi connectivity index (χ4v) is 5.17. The fraction of sp³-hybridized carbons (Fsp3) is 0.139. The number of aromatic carboxylic acids is 1. The second-order valence-corrected chi connectivity index (χ2v) is 10.7. The van der Waals surface area contributed by atoms with Gasteiger partial charge in [-0.2, -0.15) is 0 Å². The number of aryl methyl sites for hydroxylation is 1. The molecule has 0 aliphatic carbocycles. The molecule has 1 aromatic heterocycles. The van der Waals surface area contributed by atoms with Gasteiger partial charge >= 0.3 is 5.97 Å². The average Bonchev–Trinajstić information content (AvgIpc) is 3.02. The predicted octanol–water partition coefficient (Wildman–Crippen LogP) is 7.80. The van der Waals surface area contributed by atoms with E-state index in [1.807, 2.05) is 97.1 Å². The van der Waals surface area contributed by atoms with Crippen LogP contribution in [0.25, 0.3) is 23.1 Å². The van der Waals surface area contributed by atoms with Crippen LogP contribution in [0.1, 0.15) is 50.8 Å². The summed E-state index contributed by atoms with van der Waals surface area (Å²) in [6, 6.07) is 31.9. The number of rotatable bonds is 11. The number of carbonyl (C=O) groups is 2. The van der Waals surface area contributed by atoms with E-state index >= 15 is 0 Å². The summed E-state index contributed by atoms with van der Waals surface area (Å²) >= 11 is 6.15. The van der Waals surface area contributed by atoms with E-state index in [9.17, 15) is 14.7 Å². The van der Waals surface area contributed by atoms with Crippen LogP contribution in [0, 0.1) is 0 Å². The number of pyridine rings is 1. The Balaban J connectivity index is 1.39. The van der Waals surface area contributed by atoms with E-state index in [4.69, 9.17) is 21.3 Å². The Labute approximate surface area is 255 Å². The van der Waals surface area contributed by atoms with Gasteiger partial charge in [0.05, 0.1) is 36.3 Å². The molecule has 7 heteroatoms. The van der Waals surface area contributed by atoms with Crippen LogP contribution in [-0.4, -0.2) is 29.1 Å². The summed E-state index contributed by atoms with van der Waals surface area (Å²) in [5, 5.41) is 14.6. The Kier molecular flexibility index (Phi) is 9.49. The molecule has 0 radical (unpaired) electrons. The zero-order valence-corrected chi connectivity index (χ0v) is 24.4. The van der Waals surface area contributed by atoms with Gasteiger partial charge in [0, 0.05) is 10.4 Å². The first kappa shape index (κ1) is 29.5. The molecule has 216 valence electrons. The number of carbonyl (C=O) groups excluding carboxylic acids is 1. The number of carboxylic acid groups (broad SMARTS) is 1. The Bertz CT molecular complexity index is 1790. The molecule has 0 saturated carbocycles. The highest BCUT2D eigenvalue weighted by molar-refractivity contribution is 6.31. The number of fused-ring (bicyclic) bond motifs is 1. The van der Waals surface area contributed by atoms with Crippen LogP contribution < -0.4 is 10.1 Å². The number of amides is 1. The first-order valence-electron chi connectivity index (χ1n) is 14.0. The van der Waals surface area contributed by atoms with Gasteiger partial charge in [-0.1, -0.05) is 84.4 Å². The minimum Gasteiger partial charge on any atom is -0.497 e. The Morgan fingerprint density at radius 2 is 1.74 bits per heavy atom. The van der Waals surface area contributed by atoms with E-state index < -0.39 is 5.97 Å². The minimum absolute atomic E-state index is 0.107. The van der Waals surface area contributed by atoms with Gasteiger partial charge in [0.1, 0.15) is 5.75 Å². The topological polar surface area (TPSA) is 88.5 Å². The van der Waals surface area contributed by atoms with Crippen molar-refractivity contribution in [1.82, 2.24) is 10.3 Å². The van der Waals surface area contributed by atoms with Crippen LogP contribution in [0.4, 0.5) is 0 Å². The first-order chi connectivity index (χ1) is 20.9. The lowest BCUT2D eigenvalue weighted by Gasteiger charge is -2.21. The van der Waals surface area contributed by atoms with Gasteiger partial charge < -0.3 is 15.2 Å². The lowest BCUT2D eigenvalue weighted by atomic mass is 9.94. The molecule has 0 aliphatic heterocycles. The number of ether oxygens (including phenoxy) is 1. The number of nitrogens with zero attached hydrogens (tertiary/aromatic N) is 1. The summed E-state index contributed by atoms with van der Waals surface area (Å²) in [4.78, 5) is 29.8. The number of hydrogen-bond donors (Lipinski definition) is 2. The van der Waals surface area contributed by atoms with Gasteiger partial charge in [0.25, 0.3) is 0 Å².